The van der Waals surface area contributed by atoms with E-state index in [1.165, 1.54) is 75.7 Å². The van der Waals surface area contributed by atoms with Crippen molar-refractivity contribution in [3.63, 3.8) is 0 Å². The number of rotatable bonds is 10. The molecule has 2 rings (SSSR count). The number of para-hydroxylation sites is 1. The smallest absolute Gasteiger partial charge is 0.0385 e. The molecule has 0 aromatic heterocycles. The second-order valence-electron chi connectivity index (χ2n) is 6.33. The second kappa shape index (κ2) is 9.83. The van der Waals surface area contributed by atoms with Crippen molar-refractivity contribution in [3.05, 3.63) is 29.8 Å². The minimum atomic E-state index is 1.11. The highest BCUT2D eigenvalue weighted by molar-refractivity contribution is 5.51. The Bertz CT molecular complexity index is 383. The standard InChI is InChI=1S/C19H32N2/c1-2-3-4-5-6-9-14-20-19-13-8-7-12-18(19)17-21-15-10-11-16-21/h7-8,12-13,20H,2-6,9-11,14-17H2,1H3. The molecule has 0 saturated carbocycles. The maximum Gasteiger partial charge on any atom is 0.0385 e. The van der Waals surface area contributed by atoms with E-state index in [1.54, 1.807) is 0 Å². The van der Waals surface area contributed by atoms with E-state index >= 15 is 0 Å². The van der Waals surface area contributed by atoms with Crippen molar-refractivity contribution in [2.75, 3.05) is 25.0 Å². The highest BCUT2D eigenvalue weighted by Crippen LogP contribution is 2.20. The summed E-state index contributed by atoms with van der Waals surface area (Å²) in [4.78, 5) is 2.57. The van der Waals surface area contributed by atoms with E-state index in [9.17, 15) is 0 Å². The molecule has 1 aliphatic heterocycles. The summed E-state index contributed by atoms with van der Waals surface area (Å²) in [6, 6.07) is 8.84. The number of unbranched alkanes of at least 4 members (excludes halogenated alkanes) is 5. The van der Waals surface area contributed by atoms with Gasteiger partial charge in [0.2, 0.25) is 0 Å². The summed E-state index contributed by atoms with van der Waals surface area (Å²) in [5.41, 5.74) is 2.81. The van der Waals surface area contributed by atoms with Crippen LogP contribution in [-0.4, -0.2) is 24.5 Å². The molecule has 2 nitrogen and oxygen atoms in total. The van der Waals surface area contributed by atoms with Crippen LogP contribution in [0.1, 0.15) is 63.9 Å². The van der Waals surface area contributed by atoms with E-state index in [0.717, 1.165) is 13.1 Å². The summed E-state index contributed by atoms with van der Waals surface area (Å²) in [6.45, 7) is 7.04. The molecule has 0 atom stereocenters. The zero-order chi connectivity index (χ0) is 14.8. The van der Waals surface area contributed by atoms with E-state index in [4.69, 9.17) is 0 Å². The SMILES string of the molecule is CCCCCCCCNc1ccccc1CN1CCCC1. The fraction of sp³-hybridized carbons (Fsp3) is 0.684. The van der Waals surface area contributed by atoms with Crippen LogP contribution >= 0.6 is 0 Å². The van der Waals surface area contributed by atoms with Crippen LogP contribution in [0.5, 0.6) is 0 Å². The second-order valence-corrected chi connectivity index (χ2v) is 6.33. The molecule has 1 heterocycles. The lowest BCUT2D eigenvalue weighted by Gasteiger charge is -2.18. The fourth-order valence-electron chi connectivity index (χ4n) is 3.14. The summed E-state index contributed by atoms with van der Waals surface area (Å²) in [5.74, 6) is 0. The quantitative estimate of drug-likeness (QED) is 0.606. The van der Waals surface area contributed by atoms with Crippen molar-refractivity contribution < 1.29 is 0 Å². The first kappa shape index (κ1) is 16.4. The van der Waals surface area contributed by atoms with Crippen molar-refractivity contribution in [1.82, 2.24) is 4.90 Å². The Morgan fingerprint density at radius 2 is 1.67 bits per heavy atom. The van der Waals surface area contributed by atoms with Crippen LogP contribution in [0.4, 0.5) is 5.69 Å². The predicted octanol–water partition coefficient (Wildman–Crippen LogP) is 5.05. The molecule has 0 bridgehead atoms. The first-order valence-electron chi connectivity index (χ1n) is 8.94. The molecule has 21 heavy (non-hydrogen) atoms. The molecule has 0 unspecified atom stereocenters. The molecular weight excluding hydrogens is 256 g/mol. The van der Waals surface area contributed by atoms with Gasteiger partial charge in [0.1, 0.15) is 0 Å². The van der Waals surface area contributed by atoms with Gasteiger partial charge in [-0.15, -0.1) is 0 Å². The lowest BCUT2D eigenvalue weighted by molar-refractivity contribution is 0.332. The normalized spacial score (nSPS) is 15.5. The summed E-state index contributed by atoms with van der Waals surface area (Å²) in [7, 11) is 0. The minimum absolute atomic E-state index is 1.11. The number of benzene rings is 1. The molecule has 118 valence electrons. The third-order valence-electron chi connectivity index (χ3n) is 4.46. The van der Waals surface area contributed by atoms with Crippen LogP contribution in [0.3, 0.4) is 0 Å². The fourth-order valence-corrected chi connectivity index (χ4v) is 3.14. The molecule has 0 aliphatic carbocycles. The maximum absolute atomic E-state index is 3.65. The van der Waals surface area contributed by atoms with Crippen molar-refractivity contribution >= 4 is 5.69 Å². The molecule has 1 fully saturated rings. The number of hydrogen-bond donors (Lipinski definition) is 1. The number of likely N-dealkylation sites (tertiary alicyclic amines) is 1. The van der Waals surface area contributed by atoms with E-state index in [2.05, 4.69) is 41.4 Å². The van der Waals surface area contributed by atoms with Gasteiger partial charge in [-0.3, -0.25) is 4.90 Å². The van der Waals surface area contributed by atoms with Crippen LogP contribution < -0.4 is 5.32 Å². The molecule has 1 N–H and O–H groups in total. The Labute approximate surface area is 130 Å². The molecule has 1 aromatic rings. The Balaban J connectivity index is 1.69. The molecule has 0 radical (unpaired) electrons. The average molecular weight is 288 g/mol. The highest BCUT2D eigenvalue weighted by atomic mass is 15.1. The largest absolute Gasteiger partial charge is 0.385 e. The van der Waals surface area contributed by atoms with Gasteiger partial charge in [-0.2, -0.15) is 0 Å². The Morgan fingerprint density at radius 1 is 0.952 bits per heavy atom. The van der Waals surface area contributed by atoms with Gasteiger partial charge >= 0.3 is 0 Å². The van der Waals surface area contributed by atoms with Crippen LogP contribution in [-0.2, 0) is 6.54 Å². The van der Waals surface area contributed by atoms with Crippen molar-refractivity contribution in [2.45, 2.75) is 64.8 Å². The molecule has 1 aliphatic rings. The highest BCUT2D eigenvalue weighted by Gasteiger charge is 2.13. The van der Waals surface area contributed by atoms with Gasteiger partial charge < -0.3 is 5.32 Å². The van der Waals surface area contributed by atoms with Gasteiger partial charge in [-0.1, -0.05) is 57.2 Å². The van der Waals surface area contributed by atoms with Gasteiger partial charge in [0.05, 0.1) is 0 Å². The number of nitrogens with zero attached hydrogens (tertiary/aromatic N) is 1. The molecule has 0 amide bonds. The van der Waals surface area contributed by atoms with Crippen LogP contribution in [0.15, 0.2) is 24.3 Å². The van der Waals surface area contributed by atoms with Gasteiger partial charge in [-0.25, -0.2) is 0 Å². The van der Waals surface area contributed by atoms with Crippen LogP contribution in [0, 0.1) is 0 Å². The number of hydrogen-bond acceptors (Lipinski definition) is 2. The number of nitrogens with one attached hydrogen (secondary N) is 1. The molecule has 2 heteroatoms. The molecule has 1 aromatic carbocycles. The van der Waals surface area contributed by atoms with Crippen molar-refractivity contribution in [2.24, 2.45) is 0 Å². The van der Waals surface area contributed by atoms with Gasteiger partial charge in [0.15, 0.2) is 0 Å². The third kappa shape index (κ3) is 6.09. The third-order valence-corrected chi connectivity index (χ3v) is 4.46. The van der Waals surface area contributed by atoms with E-state index in [0.29, 0.717) is 0 Å². The van der Waals surface area contributed by atoms with Gasteiger partial charge in [-0.05, 0) is 44.0 Å². The zero-order valence-corrected chi connectivity index (χ0v) is 13.7. The minimum Gasteiger partial charge on any atom is -0.385 e. The zero-order valence-electron chi connectivity index (χ0n) is 13.7. The van der Waals surface area contributed by atoms with E-state index < -0.39 is 0 Å². The first-order valence-corrected chi connectivity index (χ1v) is 8.94. The Kier molecular flexibility index (Phi) is 7.66. The van der Waals surface area contributed by atoms with Gasteiger partial charge in [0, 0.05) is 18.8 Å². The van der Waals surface area contributed by atoms with E-state index in [1.807, 2.05) is 0 Å². The van der Waals surface area contributed by atoms with Crippen LogP contribution in [0.2, 0.25) is 0 Å². The number of anilines is 1. The van der Waals surface area contributed by atoms with Crippen LogP contribution in [0.25, 0.3) is 0 Å². The lowest BCUT2D eigenvalue weighted by Crippen LogP contribution is -2.19. The summed E-state index contributed by atoms with van der Waals surface area (Å²) >= 11 is 0. The molecule has 1 saturated heterocycles. The summed E-state index contributed by atoms with van der Waals surface area (Å²) < 4.78 is 0. The summed E-state index contributed by atoms with van der Waals surface area (Å²) in [5, 5.41) is 3.65. The maximum atomic E-state index is 3.65. The van der Waals surface area contributed by atoms with E-state index in [-0.39, 0.29) is 0 Å². The lowest BCUT2D eigenvalue weighted by atomic mass is 10.1. The molecular formula is C19H32N2. The van der Waals surface area contributed by atoms with Crippen molar-refractivity contribution in [1.29, 1.82) is 0 Å². The summed E-state index contributed by atoms with van der Waals surface area (Å²) in [6.07, 6.45) is 10.9. The monoisotopic (exact) mass is 288 g/mol. The first-order chi connectivity index (χ1) is 10.4. The Morgan fingerprint density at radius 3 is 2.48 bits per heavy atom. The topological polar surface area (TPSA) is 15.3 Å². The van der Waals surface area contributed by atoms with Crippen molar-refractivity contribution in [3.8, 4) is 0 Å². The van der Waals surface area contributed by atoms with Gasteiger partial charge in [0.25, 0.3) is 0 Å². The average Bonchev–Trinajstić information content (AvgIpc) is 3.01. The molecule has 0 spiro atoms. The predicted molar refractivity (Wildman–Crippen MR) is 92.8 cm³/mol. The Hall–Kier alpha value is -1.02.